The molecule has 1 aromatic heterocycles. The molecule has 1 aliphatic heterocycles. The van der Waals surface area contributed by atoms with Crippen molar-refractivity contribution in [3.05, 3.63) is 12.0 Å². The molecule has 0 aromatic carbocycles. The number of likely N-dealkylation sites (tertiary alicyclic amines) is 1. The van der Waals surface area contributed by atoms with Crippen LogP contribution in [0.5, 0.6) is 0 Å². The minimum absolute atomic E-state index is 0.274. The molecule has 0 aliphatic carbocycles. The highest BCUT2D eigenvalue weighted by Crippen LogP contribution is 2.16. The first-order valence-corrected chi connectivity index (χ1v) is 7.39. The van der Waals surface area contributed by atoms with Gasteiger partial charge in [-0.05, 0) is 32.7 Å². The second kappa shape index (κ2) is 7.38. The van der Waals surface area contributed by atoms with Crippen LogP contribution in [0.4, 0.5) is 16.2 Å². The minimum atomic E-state index is -0.407. The van der Waals surface area contributed by atoms with Gasteiger partial charge in [0, 0.05) is 26.2 Å². The van der Waals surface area contributed by atoms with Gasteiger partial charge in [-0.25, -0.2) is 9.37 Å². The molecule has 1 aliphatic rings. The van der Waals surface area contributed by atoms with Crippen molar-refractivity contribution in [2.45, 2.75) is 38.6 Å². The van der Waals surface area contributed by atoms with Crippen LogP contribution in [0.25, 0.3) is 0 Å². The second-order valence-corrected chi connectivity index (χ2v) is 5.30. The number of hydrogen-bond donors (Lipinski definition) is 2. The third kappa shape index (κ3) is 4.03. The van der Waals surface area contributed by atoms with E-state index < -0.39 is 5.82 Å². The van der Waals surface area contributed by atoms with Crippen molar-refractivity contribution < 1.29 is 4.39 Å². The maximum Gasteiger partial charge on any atom is 0.224 e. The summed E-state index contributed by atoms with van der Waals surface area (Å²) in [6, 6.07) is 0.676. The molecular formula is C14H24FN5. The molecule has 0 bridgehead atoms. The fourth-order valence-electron chi connectivity index (χ4n) is 2.59. The smallest absolute Gasteiger partial charge is 0.224 e. The molecule has 1 atom stereocenters. The van der Waals surface area contributed by atoms with E-state index in [0.29, 0.717) is 12.0 Å². The summed E-state index contributed by atoms with van der Waals surface area (Å²) >= 11 is 0. The molecule has 1 fully saturated rings. The summed E-state index contributed by atoms with van der Waals surface area (Å²) in [6.07, 6.45) is 6.11. The molecule has 0 saturated carbocycles. The van der Waals surface area contributed by atoms with Gasteiger partial charge in [0.2, 0.25) is 5.95 Å². The lowest BCUT2D eigenvalue weighted by Crippen LogP contribution is -2.38. The molecule has 6 heteroatoms. The van der Waals surface area contributed by atoms with Crippen LogP contribution in [0.2, 0.25) is 0 Å². The zero-order chi connectivity index (χ0) is 14.4. The Kier molecular flexibility index (Phi) is 5.52. The molecule has 112 valence electrons. The van der Waals surface area contributed by atoms with Crippen LogP contribution in [0.15, 0.2) is 6.20 Å². The van der Waals surface area contributed by atoms with Gasteiger partial charge in [0.25, 0.3) is 0 Å². The lowest BCUT2D eigenvalue weighted by molar-refractivity contribution is 0.160. The van der Waals surface area contributed by atoms with Gasteiger partial charge in [-0.1, -0.05) is 6.42 Å². The summed E-state index contributed by atoms with van der Waals surface area (Å²) in [6.45, 7) is 5.25. The Morgan fingerprint density at radius 2 is 2.30 bits per heavy atom. The van der Waals surface area contributed by atoms with E-state index >= 15 is 0 Å². The summed E-state index contributed by atoms with van der Waals surface area (Å²) in [5, 5.41) is 5.85. The first-order chi connectivity index (χ1) is 9.70. The van der Waals surface area contributed by atoms with E-state index in [1.165, 1.54) is 32.0 Å². The SMILES string of the molecule is CNc1ncc(F)c(NCCCN2CCCCC2C)n1. The van der Waals surface area contributed by atoms with Gasteiger partial charge >= 0.3 is 0 Å². The number of halogens is 1. The lowest BCUT2D eigenvalue weighted by Gasteiger charge is -2.33. The van der Waals surface area contributed by atoms with E-state index in [0.717, 1.165) is 19.5 Å². The number of nitrogens with zero attached hydrogens (tertiary/aromatic N) is 3. The van der Waals surface area contributed by atoms with Crippen molar-refractivity contribution in [2.24, 2.45) is 0 Å². The van der Waals surface area contributed by atoms with Crippen LogP contribution < -0.4 is 10.6 Å². The van der Waals surface area contributed by atoms with Crippen molar-refractivity contribution >= 4 is 11.8 Å². The van der Waals surface area contributed by atoms with E-state index in [4.69, 9.17) is 0 Å². The molecule has 0 radical (unpaired) electrons. The normalized spacial score (nSPS) is 19.9. The Hall–Kier alpha value is -1.43. The van der Waals surface area contributed by atoms with Gasteiger partial charge in [-0.3, -0.25) is 0 Å². The highest BCUT2D eigenvalue weighted by atomic mass is 19.1. The predicted octanol–water partition coefficient (Wildman–Crippen LogP) is 2.33. The molecule has 0 amide bonds. The molecule has 2 heterocycles. The molecule has 2 rings (SSSR count). The maximum atomic E-state index is 13.5. The molecule has 1 unspecified atom stereocenters. The predicted molar refractivity (Wildman–Crippen MR) is 79.5 cm³/mol. The Bertz CT molecular complexity index is 426. The largest absolute Gasteiger partial charge is 0.367 e. The van der Waals surface area contributed by atoms with Crippen molar-refractivity contribution in [3.8, 4) is 0 Å². The second-order valence-electron chi connectivity index (χ2n) is 5.30. The first-order valence-electron chi connectivity index (χ1n) is 7.39. The van der Waals surface area contributed by atoms with E-state index in [-0.39, 0.29) is 5.82 Å². The summed E-state index contributed by atoms with van der Waals surface area (Å²) in [7, 11) is 1.72. The molecule has 5 nitrogen and oxygen atoms in total. The number of nitrogens with one attached hydrogen (secondary N) is 2. The van der Waals surface area contributed by atoms with Crippen LogP contribution in [-0.2, 0) is 0 Å². The van der Waals surface area contributed by atoms with Gasteiger partial charge in [0.05, 0.1) is 6.20 Å². The van der Waals surface area contributed by atoms with Crippen LogP contribution in [0.1, 0.15) is 32.6 Å². The zero-order valence-corrected chi connectivity index (χ0v) is 12.3. The Morgan fingerprint density at radius 3 is 3.05 bits per heavy atom. The van der Waals surface area contributed by atoms with Crippen molar-refractivity contribution in [1.82, 2.24) is 14.9 Å². The number of aromatic nitrogens is 2. The molecule has 1 aromatic rings. The third-order valence-corrected chi connectivity index (χ3v) is 3.82. The highest BCUT2D eigenvalue weighted by molar-refractivity contribution is 5.40. The van der Waals surface area contributed by atoms with E-state index in [9.17, 15) is 4.39 Å². The van der Waals surface area contributed by atoms with E-state index in [1.54, 1.807) is 7.05 Å². The first kappa shape index (κ1) is 15.0. The van der Waals surface area contributed by atoms with Crippen LogP contribution in [0, 0.1) is 5.82 Å². The van der Waals surface area contributed by atoms with Gasteiger partial charge < -0.3 is 15.5 Å². The number of piperidine rings is 1. The standard InChI is InChI=1S/C14H24FN5/c1-11-6-3-4-8-20(11)9-5-7-17-13-12(15)10-18-14(16-2)19-13/h10-11H,3-9H2,1-2H3,(H2,16,17,18,19). The van der Waals surface area contributed by atoms with Crippen molar-refractivity contribution in [3.63, 3.8) is 0 Å². The van der Waals surface area contributed by atoms with E-state index in [1.807, 2.05) is 0 Å². The van der Waals surface area contributed by atoms with E-state index in [2.05, 4.69) is 32.4 Å². The molecule has 0 spiro atoms. The molecule has 1 saturated heterocycles. The van der Waals surface area contributed by atoms with Crippen LogP contribution in [0.3, 0.4) is 0 Å². The summed E-state index contributed by atoms with van der Waals surface area (Å²) in [5.41, 5.74) is 0. The monoisotopic (exact) mass is 281 g/mol. The fraction of sp³-hybridized carbons (Fsp3) is 0.714. The van der Waals surface area contributed by atoms with Crippen molar-refractivity contribution in [2.75, 3.05) is 37.3 Å². The highest BCUT2D eigenvalue weighted by Gasteiger charge is 2.17. The lowest BCUT2D eigenvalue weighted by atomic mass is 10.0. The number of rotatable bonds is 6. The average molecular weight is 281 g/mol. The summed E-state index contributed by atoms with van der Waals surface area (Å²) in [4.78, 5) is 10.4. The van der Waals surface area contributed by atoms with Gasteiger partial charge in [-0.15, -0.1) is 0 Å². The Balaban J connectivity index is 1.75. The summed E-state index contributed by atoms with van der Waals surface area (Å²) in [5.74, 6) is 0.296. The van der Waals surface area contributed by atoms with Crippen LogP contribution in [-0.4, -0.2) is 47.6 Å². The number of anilines is 2. The van der Waals surface area contributed by atoms with Gasteiger partial charge in [-0.2, -0.15) is 4.98 Å². The third-order valence-electron chi connectivity index (χ3n) is 3.82. The summed E-state index contributed by atoms with van der Waals surface area (Å²) < 4.78 is 13.5. The zero-order valence-electron chi connectivity index (χ0n) is 12.3. The topological polar surface area (TPSA) is 53.1 Å². The Labute approximate surface area is 120 Å². The molecule has 2 N–H and O–H groups in total. The Morgan fingerprint density at radius 1 is 1.45 bits per heavy atom. The average Bonchev–Trinajstić information content (AvgIpc) is 2.47. The minimum Gasteiger partial charge on any atom is -0.367 e. The van der Waals surface area contributed by atoms with Gasteiger partial charge in [0.15, 0.2) is 11.6 Å². The van der Waals surface area contributed by atoms with Gasteiger partial charge in [0.1, 0.15) is 0 Å². The molecule has 20 heavy (non-hydrogen) atoms. The number of hydrogen-bond acceptors (Lipinski definition) is 5. The quantitative estimate of drug-likeness (QED) is 0.784. The fourth-order valence-corrected chi connectivity index (χ4v) is 2.59. The van der Waals surface area contributed by atoms with Crippen LogP contribution >= 0.6 is 0 Å². The molecular weight excluding hydrogens is 257 g/mol. The van der Waals surface area contributed by atoms with Crippen molar-refractivity contribution in [1.29, 1.82) is 0 Å². The maximum absolute atomic E-state index is 13.5.